The lowest BCUT2D eigenvalue weighted by Gasteiger charge is -2.34. The molecule has 0 N–H and O–H groups in total. The molecule has 98 valence electrons. The molecule has 1 heterocycles. The molecule has 0 aliphatic carbocycles. The van der Waals surface area contributed by atoms with Gasteiger partial charge in [0.1, 0.15) is 0 Å². The average Bonchev–Trinajstić information content (AvgIpc) is 2.27. The van der Waals surface area contributed by atoms with Crippen molar-refractivity contribution in [3.05, 3.63) is 35.4 Å². The van der Waals surface area contributed by atoms with Gasteiger partial charge in [-0.1, -0.05) is 23.8 Å². The molecule has 2 rings (SSSR count). The topological polar surface area (TPSA) is 29.5 Å². The Morgan fingerprint density at radius 3 is 2.61 bits per heavy atom. The summed E-state index contributed by atoms with van der Waals surface area (Å²) < 4.78 is 5.67. The van der Waals surface area contributed by atoms with Gasteiger partial charge in [-0.15, -0.1) is 0 Å². The molecule has 1 saturated heterocycles. The van der Waals surface area contributed by atoms with E-state index in [4.69, 9.17) is 4.74 Å². The summed E-state index contributed by atoms with van der Waals surface area (Å²) in [6, 6.07) is 7.79. The zero-order valence-electron chi connectivity index (χ0n) is 11.3. The summed E-state index contributed by atoms with van der Waals surface area (Å²) in [5.74, 6) is 0.194. The summed E-state index contributed by atoms with van der Waals surface area (Å²) in [7, 11) is 0. The highest BCUT2D eigenvalue weighted by molar-refractivity contribution is 5.97. The molecule has 2 atom stereocenters. The summed E-state index contributed by atoms with van der Waals surface area (Å²) in [6.45, 7) is 8.28. The van der Waals surface area contributed by atoms with Gasteiger partial charge < -0.3 is 4.74 Å². The lowest BCUT2D eigenvalue weighted by Crippen LogP contribution is -2.47. The van der Waals surface area contributed by atoms with Crippen molar-refractivity contribution in [3.63, 3.8) is 0 Å². The summed E-state index contributed by atoms with van der Waals surface area (Å²) >= 11 is 0. The Kier molecular flexibility index (Phi) is 4.15. The second-order valence-corrected chi connectivity index (χ2v) is 5.24. The molecule has 1 fully saturated rings. The summed E-state index contributed by atoms with van der Waals surface area (Å²) in [5, 5.41) is 0. The number of Topliss-reactive ketones (excluding diaryl/α,β-unsaturated/α-hetero) is 1. The van der Waals surface area contributed by atoms with Crippen LogP contribution in [0.5, 0.6) is 0 Å². The minimum Gasteiger partial charge on any atom is -0.373 e. The quantitative estimate of drug-likeness (QED) is 0.767. The van der Waals surface area contributed by atoms with Gasteiger partial charge in [0.05, 0.1) is 18.8 Å². The maximum Gasteiger partial charge on any atom is 0.176 e. The Morgan fingerprint density at radius 2 is 2.00 bits per heavy atom. The number of carbonyl (C=O) groups excluding carboxylic acids is 1. The molecule has 1 aromatic carbocycles. The van der Waals surface area contributed by atoms with E-state index in [1.54, 1.807) is 0 Å². The summed E-state index contributed by atoms with van der Waals surface area (Å²) in [6.07, 6.45) is 0.415. The van der Waals surface area contributed by atoms with Gasteiger partial charge in [0.2, 0.25) is 0 Å². The molecule has 0 saturated carbocycles. The summed E-state index contributed by atoms with van der Waals surface area (Å²) in [4.78, 5) is 14.4. The maximum absolute atomic E-state index is 12.2. The van der Waals surface area contributed by atoms with Gasteiger partial charge in [0.15, 0.2) is 5.78 Å². The van der Waals surface area contributed by atoms with Gasteiger partial charge in [0.25, 0.3) is 0 Å². The third-order valence-corrected chi connectivity index (χ3v) is 3.20. The highest BCUT2D eigenvalue weighted by atomic mass is 16.5. The SMILES string of the molecule is Cc1cccc(C(=O)CN2CC(C)OC(C)C2)c1. The highest BCUT2D eigenvalue weighted by Crippen LogP contribution is 2.12. The van der Waals surface area contributed by atoms with E-state index in [0.29, 0.717) is 6.54 Å². The van der Waals surface area contributed by atoms with Crippen LogP contribution in [0.2, 0.25) is 0 Å². The molecule has 2 unspecified atom stereocenters. The molecule has 3 heteroatoms. The number of benzene rings is 1. The van der Waals surface area contributed by atoms with E-state index in [1.165, 1.54) is 0 Å². The number of carbonyl (C=O) groups is 1. The van der Waals surface area contributed by atoms with Crippen LogP contribution in [0.1, 0.15) is 29.8 Å². The fourth-order valence-corrected chi connectivity index (χ4v) is 2.53. The first-order chi connectivity index (χ1) is 8.54. The first-order valence-electron chi connectivity index (χ1n) is 6.52. The Balaban J connectivity index is 1.99. The van der Waals surface area contributed by atoms with E-state index >= 15 is 0 Å². The van der Waals surface area contributed by atoms with Gasteiger partial charge >= 0.3 is 0 Å². The van der Waals surface area contributed by atoms with Crippen molar-refractivity contribution in [1.29, 1.82) is 0 Å². The number of rotatable bonds is 3. The minimum absolute atomic E-state index is 0.194. The first kappa shape index (κ1) is 13.2. The van der Waals surface area contributed by atoms with Crippen LogP contribution in [0.3, 0.4) is 0 Å². The van der Waals surface area contributed by atoms with Crippen LogP contribution in [0.4, 0.5) is 0 Å². The molecule has 1 aromatic rings. The van der Waals surface area contributed by atoms with Crippen molar-refractivity contribution in [3.8, 4) is 0 Å². The standard InChI is InChI=1S/C15H21NO2/c1-11-5-4-6-14(7-11)15(17)10-16-8-12(2)18-13(3)9-16/h4-7,12-13H,8-10H2,1-3H3. The Labute approximate surface area is 109 Å². The van der Waals surface area contributed by atoms with Crippen molar-refractivity contribution in [2.24, 2.45) is 0 Å². The number of aryl methyl sites for hydroxylation is 1. The number of hydrogen-bond acceptors (Lipinski definition) is 3. The second-order valence-electron chi connectivity index (χ2n) is 5.24. The predicted octanol–water partition coefficient (Wildman–Crippen LogP) is 2.29. The predicted molar refractivity (Wildman–Crippen MR) is 72.0 cm³/mol. The smallest absolute Gasteiger partial charge is 0.176 e. The largest absolute Gasteiger partial charge is 0.373 e. The average molecular weight is 247 g/mol. The molecule has 3 nitrogen and oxygen atoms in total. The van der Waals surface area contributed by atoms with Crippen LogP contribution < -0.4 is 0 Å². The third kappa shape index (κ3) is 3.40. The molecule has 18 heavy (non-hydrogen) atoms. The van der Waals surface area contributed by atoms with Gasteiger partial charge in [-0.3, -0.25) is 9.69 Å². The lowest BCUT2D eigenvalue weighted by molar-refractivity contribution is -0.0652. The monoisotopic (exact) mass is 247 g/mol. The summed E-state index contributed by atoms with van der Waals surface area (Å²) in [5.41, 5.74) is 1.94. The molecule has 0 spiro atoms. The molecular formula is C15H21NO2. The lowest BCUT2D eigenvalue weighted by atomic mass is 10.1. The fraction of sp³-hybridized carbons (Fsp3) is 0.533. The van der Waals surface area contributed by atoms with Crippen molar-refractivity contribution in [2.45, 2.75) is 33.0 Å². The molecule has 1 aliphatic heterocycles. The molecule has 0 radical (unpaired) electrons. The van der Waals surface area contributed by atoms with Crippen LogP contribution >= 0.6 is 0 Å². The van der Waals surface area contributed by atoms with E-state index in [9.17, 15) is 4.79 Å². The highest BCUT2D eigenvalue weighted by Gasteiger charge is 2.23. The van der Waals surface area contributed by atoms with Crippen LogP contribution in [0, 0.1) is 6.92 Å². The van der Waals surface area contributed by atoms with Crippen molar-refractivity contribution >= 4 is 5.78 Å². The van der Waals surface area contributed by atoms with Crippen molar-refractivity contribution in [1.82, 2.24) is 4.90 Å². The molecule has 1 aliphatic rings. The molecule has 0 bridgehead atoms. The Morgan fingerprint density at radius 1 is 1.33 bits per heavy atom. The fourth-order valence-electron chi connectivity index (χ4n) is 2.53. The number of morpholine rings is 1. The van der Waals surface area contributed by atoms with Gasteiger partial charge in [-0.2, -0.15) is 0 Å². The number of nitrogens with zero attached hydrogens (tertiary/aromatic N) is 1. The first-order valence-corrected chi connectivity index (χ1v) is 6.52. The molecular weight excluding hydrogens is 226 g/mol. The minimum atomic E-state index is 0.194. The van der Waals surface area contributed by atoms with Gasteiger partial charge in [-0.25, -0.2) is 0 Å². The van der Waals surface area contributed by atoms with Crippen LogP contribution in [-0.4, -0.2) is 42.5 Å². The number of ketones is 1. The van der Waals surface area contributed by atoms with Gasteiger partial charge in [0, 0.05) is 18.7 Å². The van der Waals surface area contributed by atoms with Crippen LogP contribution in [-0.2, 0) is 4.74 Å². The second kappa shape index (κ2) is 5.63. The van der Waals surface area contributed by atoms with Crippen LogP contribution in [0.25, 0.3) is 0 Å². The number of ether oxygens (including phenoxy) is 1. The maximum atomic E-state index is 12.2. The van der Waals surface area contributed by atoms with E-state index in [-0.39, 0.29) is 18.0 Å². The van der Waals surface area contributed by atoms with E-state index < -0.39 is 0 Å². The number of hydrogen-bond donors (Lipinski definition) is 0. The zero-order chi connectivity index (χ0) is 13.1. The zero-order valence-corrected chi connectivity index (χ0v) is 11.3. The van der Waals surface area contributed by atoms with Crippen molar-refractivity contribution in [2.75, 3.05) is 19.6 Å². The van der Waals surface area contributed by atoms with E-state index in [0.717, 1.165) is 24.2 Å². The van der Waals surface area contributed by atoms with Crippen LogP contribution in [0.15, 0.2) is 24.3 Å². The normalized spacial score (nSPS) is 25.1. The Bertz CT molecular complexity index is 420. The Hall–Kier alpha value is -1.19. The molecule has 0 aromatic heterocycles. The van der Waals surface area contributed by atoms with Crippen molar-refractivity contribution < 1.29 is 9.53 Å². The van der Waals surface area contributed by atoms with E-state index in [2.05, 4.69) is 18.7 Å². The van der Waals surface area contributed by atoms with E-state index in [1.807, 2.05) is 31.2 Å². The third-order valence-electron chi connectivity index (χ3n) is 3.20. The molecule has 0 amide bonds. The van der Waals surface area contributed by atoms with Gasteiger partial charge in [-0.05, 0) is 26.8 Å².